The highest BCUT2D eigenvalue weighted by molar-refractivity contribution is 6.31. The van der Waals surface area contributed by atoms with Crippen molar-refractivity contribution in [3.05, 3.63) is 59.4 Å². The lowest BCUT2D eigenvalue weighted by Crippen LogP contribution is -2.50. The van der Waals surface area contributed by atoms with Gasteiger partial charge in [0, 0.05) is 54.6 Å². The number of hydrogen-bond donors (Lipinski definition) is 2. The van der Waals surface area contributed by atoms with Gasteiger partial charge in [-0.25, -0.2) is 9.67 Å². The van der Waals surface area contributed by atoms with Crippen LogP contribution in [-0.4, -0.2) is 65.1 Å². The average Bonchev–Trinajstić information content (AvgIpc) is 3.22. The lowest BCUT2D eigenvalue weighted by molar-refractivity contribution is -0.144. The molecule has 196 valence electrons. The van der Waals surface area contributed by atoms with Crippen molar-refractivity contribution in [1.29, 1.82) is 0 Å². The number of rotatable bonds is 7. The Morgan fingerprint density at radius 2 is 2.05 bits per heavy atom. The molecule has 1 aliphatic carbocycles. The number of nitrogens with one attached hydrogen (secondary N) is 1. The monoisotopic (exact) mass is 525 g/mol. The number of imidazole rings is 1. The van der Waals surface area contributed by atoms with Crippen LogP contribution in [0.5, 0.6) is 0 Å². The summed E-state index contributed by atoms with van der Waals surface area (Å²) in [4.78, 5) is 32.9. The van der Waals surface area contributed by atoms with E-state index in [0.717, 1.165) is 29.8 Å². The third-order valence-electron chi connectivity index (χ3n) is 7.02. The topological polar surface area (TPSA) is 118 Å². The van der Waals surface area contributed by atoms with E-state index in [4.69, 9.17) is 11.6 Å². The largest absolute Gasteiger partial charge is 0.391 e. The van der Waals surface area contributed by atoms with Crippen LogP contribution in [0.4, 0.5) is 0 Å². The van der Waals surface area contributed by atoms with Crippen molar-refractivity contribution >= 4 is 23.4 Å². The number of β-amino-alcohol motifs (C(OH)–C–C–N with tert-alkyl or cyclic N) is 1. The van der Waals surface area contributed by atoms with E-state index in [0.29, 0.717) is 10.9 Å². The van der Waals surface area contributed by atoms with E-state index in [2.05, 4.69) is 20.6 Å². The Hall–Kier alpha value is -3.24. The first-order chi connectivity index (χ1) is 17.6. The summed E-state index contributed by atoms with van der Waals surface area (Å²) < 4.78 is 3.45. The van der Waals surface area contributed by atoms with Crippen LogP contribution in [0.25, 0.3) is 5.69 Å². The molecule has 10 nitrogen and oxygen atoms in total. The molecule has 0 unspecified atom stereocenters. The van der Waals surface area contributed by atoms with E-state index in [-0.39, 0.29) is 31.3 Å². The van der Waals surface area contributed by atoms with Gasteiger partial charge < -0.3 is 19.9 Å². The van der Waals surface area contributed by atoms with Crippen LogP contribution in [0.2, 0.25) is 5.02 Å². The molecule has 2 N–H and O–H groups in total. The van der Waals surface area contributed by atoms with Crippen LogP contribution >= 0.6 is 11.6 Å². The molecule has 5 rings (SSSR count). The zero-order valence-corrected chi connectivity index (χ0v) is 22.0. The van der Waals surface area contributed by atoms with Crippen molar-refractivity contribution in [2.45, 2.75) is 70.7 Å². The van der Waals surface area contributed by atoms with Crippen molar-refractivity contribution in [3.8, 4) is 5.69 Å². The third-order valence-corrected chi connectivity index (χ3v) is 7.38. The quantitative estimate of drug-likeness (QED) is 0.489. The molecule has 2 fully saturated rings. The maximum absolute atomic E-state index is 13.9. The van der Waals surface area contributed by atoms with Gasteiger partial charge in [-0.1, -0.05) is 43.7 Å². The van der Waals surface area contributed by atoms with Gasteiger partial charge in [0.2, 0.25) is 11.8 Å². The van der Waals surface area contributed by atoms with Gasteiger partial charge in [0.15, 0.2) is 0 Å². The summed E-state index contributed by atoms with van der Waals surface area (Å²) in [6.07, 6.45) is 8.52. The molecule has 0 bridgehead atoms. The first kappa shape index (κ1) is 25.4. The Bertz CT molecular complexity index is 1280. The van der Waals surface area contributed by atoms with Crippen LogP contribution < -0.4 is 5.32 Å². The fourth-order valence-electron chi connectivity index (χ4n) is 4.99. The Kier molecular flexibility index (Phi) is 6.80. The van der Waals surface area contributed by atoms with Gasteiger partial charge in [-0.3, -0.25) is 9.59 Å². The Morgan fingerprint density at radius 3 is 2.73 bits per heavy atom. The first-order valence-corrected chi connectivity index (χ1v) is 12.9. The van der Waals surface area contributed by atoms with Crippen molar-refractivity contribution in [1.82, 2.24) is 34.8 Å². The number of likely N-dealkylation sites (tertiary alicyclic amines) is 1. The summed E-state index contributed by atoms with van der Waals surface area (Å²) in [5, 5.41) is 22.5. The normalized spacial score (nSPS) is 20.7. The molecule has 1 aliphatic heterocycles. The number of aliphatic hydroxyl groups is 1. The number of carbonyl (C=O) groups excluding carboxylic acids is 2. The molecule has 11 heteroatoms. The highest BCUT2D eigenvalue weighted by Gasteiger charge is 2.45. The van der Waals surface area contributed by atoms with Gasteiger partial charge in [-0.15, -0.1) is 5.10 Å². The van der Waals surface area contributed by atoms with Crippen molar-refractivity contribution in [3.63, 3.8) is 0 Å². The molecule has 0 radical (unpaired) electrons. The number of nitrogens with zero attached hydrogens (tertiary/aromatic N) is 6. The zero-order valence-electron chi connectivity index (χ0n) is 21.2. The summed E-state index contributed by atoms with van der Waals surface area (Å²) in [7, 11) is 0. The van der Waals surface area contributed by atoms with Gasteiger partial charge in [0.25, 0.3) is 0 Å². The van der Waals surface area contributed by atoms with Crippen LogP contribution in [-0.2, 0) is 16.1 Å². The molecule has 1 saturated carbocycles. The number of carbonyl (C=O) groups is 2. The first-order valence-electron chi connectivity index (χ1n) is 12.6. The molecule has 3 heterocycles. The molecule has 1 aromatic carbocycles. The standard InChI is InChI=1S/C26H32ClN7O3/c1-26(2,3)23(34-14-20(30-31-34)16-7-8-16)25(37)33-13-17(35)11-22(33)24(36)29-12-18-19(27)5-4-6-21(18)32-10-9-28-15-32/h4-6,9-10,14-17,22-23,35H,7-8,11-13H2,1-3H3,(H,29,36)/t17-,22+,23-/m1/s1. The molecule has 3 aromatic rings. The molecule has 0 spiro atoms. The van der Waals surface area contributed by atoms with Crippen LogP contribution in [0.3, 0.4) is 0 Å². The molecule has 2 aromatic heterocycles. The van der Waals surface area contributed by atoms with E-state index in [1.807, 2.05) is 43.7 Å². The van der Waals surface area contributed by atoms with Crippen molar-refractivity contribution in [2.24, 2.45) is 5.41 Å². The number of aromatic nitrogens is 5. The second-order valence-corrected chi connectivity index (χ2v) is 11.4. The van der Waals surface area contributed by atoms with Gasteiger partial charge in [0.05, 0.1) is 23.8 Å². The molecule has 2 amide bonds. The fraction of sp³-hybridized carbons (Fsp3) is 0.500. The maximum atomic E-state index is 13.9. The van der Waals surface area contributed by atoms with Crippen LogP contribution in [0.1, 0.15) is 63.3 Å². The Labute approximate surface area is 220 Å². The van der Waals surface area contributed by atoms with Crippen molar-refractivity contribution < 1.29 is 14.7 Å². The predicted octanol–water partition coefficient (Wildman–Crippen LogP) is 2.86. The van der Waals surface area contributed by atoms with Crippen LogP contribution in [0.15, 0.2) is 43.1 Å². The van der Waals surface area contributed by atoms with Crippen LogP contribution in [0, 0.1) is 5.41 Å². The molecule has 37 heavy (non-hydrogen) atoms. The molecule has 1 saturated heterocycles. The minimum Gasteiger partial charge on any atom is -0.391 e. The highest BCUT2D eigenvalue weighted by atomic mass is 35.5. The summed E-state index contributed by atoms with van der Waals surface area (Å²) in [6, 6.07) is 4.02. The predicted molar refractivity (Wildman–Crippen MR) is 137 cm³/mol. The average molecular weight is 526 g/mol. The van der Waals surface area contributed by atoms with Gasteiger partial charge >= 0.3 is 0 Å². The SMILES string of the molecule is CC(C)(C)[C@@H](C(=O)N1C[C@H](O)C[C@H]1C(=O)NCc1c(Cl)cccc1-n1ccnc1)n1cc(C2CC2)nn1. The fourth-order valence-corrected chi connectivity index (χ4v) is 5.22. The number of aliphatic hydroxyl groups excluding tert-OH is 1. The van der Waals surface area contributed by atoms with E-state index >= 15 is 0 Å². The second kappa shape index (κ2) is 9.90. The second-order valence-electron chi connectivity index (χ2n) is 11.0. The molecular weight excluding hydrogens is 494 g/mol. The van der Waals surface area contributed by atoms with E-state index < -0.39 is 23.6 Å². The maximum Gasteiger partial charge on any atom is 0.248 e. The Morgan fingerprint density at radius 1 is 1.27 bits per heavy atom. The molecular formula is C26H32ClN7O3. The third kappa shape index (κ3) is 5.26. The number of halogens is 1. The minimum absolute atomic E-state index is 0.0834. The van der Waals surface area contributed by atoms with Crippen molar-refractivity contribution in [2.75, 3.05) is 6.54 Å². The molecule has 2 aliphatic rings. The smallest absolute Gasteiger partial charge is 0.248 e. The molecule has 3 atom stereocenters. The lowest BCUT2D eigenvalue weighted by Gasteiger charge is -2.34. The van der Waals surface area contributed by atoms with E-state index in [1.165, 1.54) is 4.90 Å². The highest BCUT2D eigenvalue weighted by Crippen LogP contribution is 2.40. The lowest BCUT2D eigenvalue weighted by atomic mass is 9.85. The Balaban J connectivity index is 1.35. The van der Waals surface area contributed by atoms with Gasteiger partial charge in [0.1, 0.15) is 12.1 Å². The van der Waals surface area contributed by atoms with Gasteiger partial charge in [-0.2, -0.15) is 0 Å². The number of amides is 2. The minimum atomic E-state index is -0.807. The zero-order chi connectivity index (χ0) is 26.3. The van der Waals surface area contributed by atoms with Gasteiger partial charge in [-0.05, 0) is 30.4 Å². The van der Waals surface area contributed by atoms with E-state index in [1.54, 1.807) is 29.5 Å². The van der Waals surface area contributed by atoms with E-state index in [9.17, 15) is 14.7 Å². The number of benzene rings is 1. The summed E-state index contributed by atoms with van der Waals surface area (Å²) in [5.74, 6) is -0.187. The summed E-state index contributed by atoms with van der Waals surface area (Å²) in [5.41, 5.74) is 1.94. The summed E-state index contributed by atoms with van der Waals surface area (Å²) in [6.45, 7) is 6.14. The summed E-state index contributed by atoms with van der Waals surface area (Å²) >= 11 is 6.47. The number of hydrogen-bond acceptors (Lipinski definition) is 6.